The lowest BCUT2D eigenvalue weighted by Gasteiger charge is -2.19. The highest BCUT2D eigenvalue weighted by Crippen LogP contribution is 2.28. The summed E-state index contributed by atoms with van der Waals surface area (Å²) in [6.07, 6.45) is 0. The van der Waals surface area contributed by atoms with Crippen molar-refractivity contribution in [3.63, 3.8) is 0 Å². The summed E-state index contributed by atoms with van der Waals surface area (Å²) in [5, 5.41) is 1.02. The summed E-state index contributed by atoms with van der Waals surface area (Å²) in [5.74, 6) is 0.314. The van der Waals surface area contributed by atoms with Crippen LogP contribution in [0.25, 0.3) is 22.3 Å². The zero-order valence-corrected chi connectivity index (χ0v) is 15.8. The Bertz CT molecular complexity index is 1020. The fourth-order valence-corrected chi connectivity index (χ4v) is 3.16. The van der Waals surface area contributed by atoms with Crippen LogP contribution in [0.2, 0.25) is 5.02 Å². The van der Waals surface area contributed by atoms with Gasteiger partial charge in [-0.2, -0.15) is 0 Å². The first kappa shape index (κ1) is 18.2. The summed E-state index contributed by atoms with van der Waals surface area (Å²) < 4.78 is 6.10. The van der Waals surface area contributed by atoms with Gasteiger partial charge in [0, 0.05) is 29.2 Å². The Morgan fingerprint density at radius 3 is 2.35 bits per heavy atom. The Morgan fingerprint density at radius 2 is 1.73 bits per heavy atom. The number of benzene rings is 2. The molecule has 3 rings (SSSR count). The second kappa shape index (κ2) is 7.34. The maximum Gasteiger partial charge on any atom is 0.257 e. The van der Waals surface area contributed by atoms with E-state index in [1.54, 1.807) is 54.3 Å². The number of nitrogens with zero attached hydrogens (tertiary/aromatic N) is 1. The first-order chi connectivity index (χ1) is 12.5. The molecule has 1 heterocycles. The van der Waals surface area contributed by atoms with Gasteiger partial charge in [0.15, 0.2) is 11.0 Å². The van der Waals surface area contributed by atoms with Gasteiger partial charge in [0.1, 0.15) is 5.76 Å². The first-order valence-electron chi connectivity index (χ1n) is 8.59. The van der Waals surface area contributed by atoms with Gasteiger partial charge in [-0.3, -0.25) is 9.59 Å². The zero-order chi connectivity index (χ0) is 18.8. The third-order valence-corrected chi connectivity index (χ3v) is 4.78. The molecule has 0 unspecified atom stereocenters. The molecule has 0 aliphatic rings. The van der Waals surface area contributed by atoms with Gasteiger partial charge in [-0.05, 0) is 57.2 Å². The van der Waals surface area contributed by atoms with Crippen LogP contribution in [0.3, 0.4) is 0 Å². The summed E-state index contributed by atoms with van der Waals surface area (Å²) in [4.78, 5) is 27.4. The Hall–Kier alpha value is -2.59. The highest BCUT2D eigenvalue weighted by Gasteiger charge is 2.20. The van der Waals surface area contributed by atoms with E-state index < -0.39 is 0 Å². The molecule has 0 saturated heterocycles. The molecular weight excluding hydrogens is 350 g/mol. The van der Waals surface area contributed by atoms with Crippen LogP contribution in [-0.4, -0.2) is 23.9 Å². The Morgan fingerprint density at radius 1 is 1.08 bits per heavy atom. The van der Waals surface area contributed by atoms with Gasteiger partial charge in [-0.25, -0.2) is 0 Å². The summed E-state index contributed by atoms with van der Waals surface area (Å²) >= 11 is 5.96. The Labute approximate surface area is 157 Å². The van der Waals surface area contributed by atoms with Crippen molar-refractivity contribution >= 4 is 28.5 Å². The monoisotopic (exact) mass is 369 g/mol. The predicted molar refractivity (Wildman–Crippen MR) is 105 cm³/mol. The van der Waals surface area contributed by atoms with Crippen molar-refractivity contribution in [3.8, 4) is 11.3 Å². The fourth-order valence-electron chi connectivity index (χ4n) is 3.04. The number of carbonyl (C=O) groups excluding carboxylic acids is 1. The molecule has 0 bridgehead atoms. The number of hydrogen-bond donors (Lipinski definition) is 0. The minimum atomic E-state index is -0.144. The average Bonchev–Trinajstić information content (AvgIpc) is 2.66. The lowest BCUT2D eigenvalue weighted by molar-refractivity contribution is 0.0774. The van der Waals surface area contributed by atoms with Gasteiger partial charge in [-0.15, -0.1) is 0 Å². The molecule has 134 valence electrons. The van der Waals surface area contributed by atoms with Crippen molar-refractivity contribution in [3.05, 3.63) is 68.8 Å². The van der Waals surface area contributed by atoms with Crippen LogP contribution in [0, 0.1) is 6.92 Å². The van der Waals surface area contributed by atoms with Crippen molar-refractivity contribution in [2.75, 3.05) is 13.1 Å². The van der Waals surface area contributed by atoms with Crippen molar-refractivity contribution in [2.24, 2.45) is 0 Å². The maximum absolute atomic E-state index is 12.9. The lowest BCUT2D eigenvalue weighted by Crippen LogP contribution is -2.30. The summed E-state index contributed by atoms with van der Waals surface area (Å²) in [5.41, 5.74) is 1.84. The molecule has 1 amide bonds. The van der Waals surface area contributed by atoms with Crippen LogP contribution in [0.4, 0.5) is 0 Å². The molecule has 5 heteroatoms. The minimum Gasteiger partial charge on any atom is -0.455 e. The van der Waals surface area contributed by atoms with E-state index in [4.69, 9.17) is 16.0 Å². The lowest BCUT2D eigenvalue weighted by atomic mass is 10.0. The van der Waals surface area contributed by atoms with Crippen LogP contribution < -0.4 is 5.43 Å². The number of hydrogen-bond acceptors (Lipinski definition) is 3. The quantitative estimate of drug-likeness (QED) is 0.657. The highest BCUT2D eigenvalue weighted by atomic mass is 35.5. The molecule has 0 spiro atoms. The van der Waals surface area contributed by atoms with Crippen LogP contribution in [0.1, 0.15) is 29.8 Å². The largest absolute Gasteiger partial charge is 0.455 e. The van der Waals surface area contributed by atoms with E-state index in [0.717, 1.165) is 5.56 Å². The maximum atomic E-state index is 12.9. The molecular formula is C21H20ClNO3. The normalized spacial score (nSPS) is 10.9. The number of carbonyl (C=O) groups is 1. The Balaban J connectivity index is 2.28. The van der Waals surface area contributed by atoms with E-state index in [0.29, 0.717) is 46.0 Å². The third-order valence-electron chi connectivity index (χ3n) is 4.53. The predicted octanol–water partition coefficient (Wildman–Crippen LogP) is 4.90. The van der Waals surface area contributed by atoms with E-state index in [1.165, 1.54) is 0 Å². The zero-order valence-electron chi connectivity index (χ0n) is 15.0. The second-order valence-corrected chi connectivity index (χ2v) is 6.49. The van der Waals surface area contributed by atoms with Gasteiger partial charge in [0.05, 0.1) is 10.9 Å². The van der Waals surface area contributed by atoms with Crippen LogP contribution in [0.5, 0.6) is 0 Å². The van der Waals surface area contributed by atoms with Gasteiger partial charge < -0.3 is 9.32 Å². The number of rotatable bonds is 4. The molecule has 26 heavy (non-hydrogen) atoms. The molecule has 0 fully saturated rings. The van der Waals surface area contributed by atoms with Gasteiger partial charge >= 0.3 is 0 Å². The molecule has 0 atom stereocenters. The van der Waals surface area contributed by atoms with Crippen molar-refractivity contribution in [2.45, 2.75) is 20.8 Å². The smallest absolute Gasteiger partial charge is 0.257 e. The van der Waals surface area contributed by atoms with Crippen LogP contribution in [-0.2, 0) is 0 Å². The number of fused-ring (bicyclic) bond motifs is 1. The van der Waals surface area contributed by atoms with Crippen molar-refractivity contribution in [1.82, 2.24) is 4.90 Å². The molecule has 0 N–H and O–H groups in total. The number of para-hydroxylation sites is 1. The minimum absolute atomic E-state index is 0.134. The summed E-state index contributed by atoms with van der Waals surface area (Å²) in [6, 6.07) is 12.2. The third kappa shape index (κ3) is 3.13. The fraction of sp³-hybridized carbons (Fsp3) is 0.238. The van der Waals surface area contributed by atoms with Crippen molar-refractivity contribution < 1.29 is 9.21 Å². The van der Waals surface area contributed by atoms with E-state index in [-0.39, 0.29) is 11.3 Å². The van der Waals surface area contributed by atoms with Gasteiger partial charge in [0.2, 0.25) is 0 Å². The summed E-state index contributed by atoms with van der Waals surface area (Å²) in [6.45, 7) is 6.75. The molecule has 0 aliphatic heterocycles. The van der Waals surface area contributed by atoms with E-state index in [1.807, 2.05) is 13.8 Å². The number of amides is 1. The molecule has 0 aliphatic carbocycles. The molecule has 0 saturated carbocycles. The molecule has 4 nitrogen and oxygen atoms in total. The SMILES string of the molecule is CCN(CC)C(=O)c1cccc2c(=O)c(C)c(-c3ccc(Cl)cc3)oc12. The first-order valence-corrected chi connectivity index (χ1v) is 8.97. The van der Waals surface area contributed by atoms with Crippen molar-refractivity contribution in [1.29, 1.82) is 0 Å². The van der Waals surface area contributed by atoms with Gasteiger partial charge in [0.25, 0.3) is 5.91 Å². The molecule has 3 aromatic rings. The van der Waals surface area contributed by atoms with E-state index in [9.17, 15) is 9.59 Å². The van der Waals surface area contributed by atoms with E-state index >= 15 is 0 Å². The summed E-state index contributed by atoms with van der Waals surface area (Å²) in [7, 11) is 0. The topological polar surface area (TPSA) is 50.5 Å². The van der Waals surface area contributed by atoms with E-state index in [2.05, 4.69) is 0 Å². The second-order valence-electron chi connectivity index (χ2n) is 6.05. The molecule has 0 radical (unpaired) electrons. The Kier molecular flexibility index (Phi) is 5.14. The molecule has 1 aromatic heterocycles. The van der Waals surface area contributed by atoms with Gasteiger partial charge in [-0.1, -0.05) is 17.7 Å². The number of halogens is 1. The van der Waals surface area contributed by atoms with Crippen LogP contribution in [0.15, 0.2) is 51.7 Å². The molecule has 2 aromatic carbocycles. The average molecular weight is 370 g/mol. The van der Waals surface area contributed by atoms with Crippen LogP contribution >= 0.6 is 11.6 Å². The highest BCUT2D eigenvalue weighted by molar-refractivity contribution is 6.30. The standard InChI is InChI=1S/C21H20ClNO3/c1-4-23(5-2)21(25)17-8-6-7-16-18(24)13(3)19(26-20(16)17)14-9-11-15(22)12-10-14/h6-12H,4-5H2,1-3H3.